The van der Waals surface area contributed by atoms with E-state index in [1.807, 2.05) is 12.4 Å². The molecule has 2 heteroatoms. The molecule has 0 aliphatic heterocycles. The average molecular weight is 328 g/mol. The quantitative estimate of drug-likeness (QED) is 0.689. The number of benzene rings is 2. The Kier molecular flexibility index (Phi) is 4.37. The molecule has 4 rings (SSSR count). The fraction of sp³-hybridized carbons (Fsp3) is 0.261. The van der Waals surface area contributed by atoms with Crippen molar-refractivity contribution in [3.63, 3.8) is 0 Å². The number of likely N-dealkylation sites (N-methyl/N-ethyl adjacent to an activating group) is 1. The highest BCUT2D eigenvalue weighted by Crippen LogP contribution is 2.38. The van der Waals surface area contributed by atoms with E-state index in [9.17, 15) is 0 Å². The number of aromatic nitrogens is 1. The van der Waals surface area contributed by atoms with Crippen molar-refractivity contribution < 1.29 is 0 Å². The third-order valence-corrected chi connectivity index (χ3v) is 5.43. The van der Waals surface area contributed by atoms with E-state index in [0.29, 0.717) is 12.0 Å². The molecule has 1 aliphatic rings. The summed E-state index contributed by atoms with van der Waals surface area (Å²) < 4.78 is 0. The Morgan fingerprint density at radius 2 is 1.68 bits per heavy atom. The summed E-state index contributed by atoms with van der Waals surface area (Å²) in [4.78, 5) is 6.51. The highest BCUT2D eigenvalue weighted by atomic mass is 15.1. The second kappa shape index (κ2) is 6.81. The maximum absolute atomic E-state index is 4.14. The number of pyridine rings is 1. The van der Waals surface area contributed by atoms with Gasteiger partial charge in [0.15, 0.2) is 0 Å². The zero-order valence-corrected chi connectivity index (χ0v) is 14.9. The minimum Gasteiger partial charge on any atom is -0.306 e. The average Bonchev–Trinajstić information content (AvgIpc) is 2.68. The van der Waals surface area contributed by atoms with Gasteiger partial charge in [-0.25, -0.2) is 0 Å². The molecular weight excluding hydrogens is 304 g/mol. The van der Waals surface area contributed by atoms with Crippen LogP contribution in [0.1, 0.15) is 29.0 Å². The number of rotatable bonds is 3. The standard InChI is InChI=1S/C23H24N2/c1-25(2)21-15-20-6-3-4-9-22(20)23(16-21)19-8-5-7-18(14-19)17-10-12-24-13-11-17/h3-14,21,23H,15-16H2,1-2H3/t21-,23+/m0/s1. The van der Waals surface area contributed by atoms with E-state index < -0.39 is 0 Å². The van der Waals surface area contributed by atoms with Gasteiger partial charge in [-0.1, -0.05) is 48.5 Å². The first-order valence-corrected chi connectivity index (χ1v) is 8.97. The van der Waals surface area contributed by atoms with Crippen molar-refractivity contribution >= 4 is 0 Å². The lowest BCUT2D eigenvalue weighted by molar-refractivity contribution is 0.258. The molecule has 2 atom stereocenters. The summed E-state index contributed by atoms with van der Waals surface area (Å²) >= 11 is 0. The van der Waals surface area contributed by atoms with E-state index in [-0.39, 0.29) is 0 Å². The monoisotopic (exact) mass is 328 g/mol. The summed E-state index contributed by atoms with van der Waals surface area (Å²) in [5, 5.41) is 0. The molecule has 0 amide bonds. The first-order valence-electron chi connectivity index (χ1n) is 8.97. The molecule has 0 bridgehead atoms. The highest BCUT2D eigenvalue weighted by molar-refractivity contribution is 5.64. The second-order valence-electron chi connectivity index (χ2n) is 7.17. The fourth-order valence-corrected chi connectivity index (χ4v) is 3.98. The van der Waals surface area contributed by atoms with Crippen molar-refractivity contribution in [2.45, 2.75) is 24.8 Å². The van der Waals surface area contributed by atoms with Crippen molar-refractivity contribution in [2.24, 2.45) is 0 Å². The van der Waals surface area contributed by atoms with Gasteiger partial charge in [0, 0.05) is 24.4 Å². The highest BCUT2D eigenvalue weighted by Gasteiger charge is 2.28. The first kappa shape index (κ1) is 16.0. The van der Waals surface area contributed by atoms with Crippen molar-refractivity contribution in [3.8, 4) is 11.1 Å². The van der Waals surface area contributed by atoms with E-state index >= 15 is 0 Å². The zero-order chi connectivity index (χ0) is 17.2. The van der Waals surface area contributed by atoms with Crippen LogP contribution in [0.5, 0.6) is 0 Å². The van der Waals surface area contributed by atoms with Crippen LogP contribution in [0.3, 0.4) is 0 Å². The van der Waals surface area contributed by atoms with Crippen LogP contribution in [-0.4, -0.2) is 30.0 Å². The molecule has 0 saturated heterocycles. The molecule has 2 nitrogen and oxygen atoms in total. The number of nitrogens with zero attached hydrogens (tertiary/aromatic N) is 2. The van der Waals surface area contributed by atoms with Crippen LogP contribution in [-0.2, 0) is 6.42 Å². The Balaban J connectivity index is 1.76. The molecule has 0 N–H and O–H groups in total. The van der Waals surface area contributed by atoms with Crippen LogP contribution in [0.25, 0.3) is 11.1 Å². The molecule has 0 fully saturated rings. The lowest BCUT2D eigenvalue weighted by Crippen LogP contribution is -2.35. The minimum absolute atomic E-state index is 0.458. The fourth-order valence-electron chi connectivity index (χ4n) is 3.98. The van der Waals surface area contributed by atoms with Gasteiger partial charge < -0.3 is 4.90 Å². The Labute approximate surface area is 150 Å². The van der Waals surface area contributed by atoms with E-state index in [2.05, 4.69) is 84.6 Å². The van der Waals surface area contributed by atoms with Crippen LogP contribution in [0, 0.1) is 0 Å². The summed E-state index contributed by atoms with van der Waals surface area (Å²) in [5.74, 6) is 0.458. The van der Waals surface area contributed by atoms with Crippen LogP contribution in [0.15, 0.2) is 73.1 Å². The number of hydrogen-bond donors (Lipinski definition) is 0. The van der Waals surface area contributed by atoms with Crippen LogP contribution >= 0.6 is 0 Å². The van der Waals surface area contributed by atoms with Gasteiger partial charge in [-0.05, 0) is 66.9 Å². The van der Waals surface area contributed by atoms with Gasteiger partial charge in [0.05, 0.1) is 0 Å². The Bertz CT molecular complexity index is 855. The van der Waals surface area contributed by atoms with E-state index in [1.54, 1.807) is 0 Å². The minimum atomic E-state index is 0.458. The van der Waals surface area contributed by atoms with Crippen LogP contribution in [0.2, 0.25) is 0 Å². The molecule has 126 valence electrons. The normalized spacial score (nSPS) is 19.6. The lowest BCUT2D eigenvalue weighted by atomic mass is 9.76. The van der Waals surface area contributed by atoms with Gasteiger partial charge in [-0.3, -0.25) is 4.98 Å². The van der Waals surface area contributed by atoms with E-state index in [0.717, 1.165) is 6.42 Å². The van der Waals surface area contributed by atoms with Crippen molar-refractivity contribution in [1.29, 1.82) is 0 Å². The SMILES string of the molecule is CN(C)[C@H]1Cc2ccccc2[C@@H](c2cccc(-c3ccncc3)c2)C1. The van der Waals surface area contributed by atoms with Crippen LogP contribution < -0.4 is 0 Å². The first-order chi connectivity index (χ1) is 12.2. The lowest BCUT2D eigenvalue weighted by Gasteiger charge is -2.35. The summed E-state index contributed by atoms with van der Waals surface area (Å²) in [6.07, 6.45) is 6.04. The van der Waals surface area contributed by atoms with E-state index in [1.165, 1.54) is 34.2 Å². The topological polar surface area (TPSA) is 16.1 Å². The Morgan fingerprint density at radius 3 is 2.48 bits per heavy atom. The van der Waals surface area contributed by atoms with Crippen molar-refractivity contribution in [2.75, 3.05) is 14.1 Å². The maximum Gasteiger partial charge on any atom is 0.0273 e. The number of hydrogen-bond acceptors (Lipinski definition) is 2. The van der Waals surface area contributed by atoms with E-state index in [4.69, 9.17) is 0 Å². The summed E-state index contributed by atoms with van der Waals surface area (Å²) in [7, 11) is 4.39. The third-order valence-electron chi connectivity index (χ3n) is 5.43. The molecular formula is C23H24N2. The Hall–Kier alpha value is -2.45. The largest absolute Gasteiger partial charge is 0.306 e. The van der Waals surface area contributed by atoms with Crippen molar-refractivity contribution in [3.05, 3.63) is 89.7 Å². The third kappa shape index (κ3) is 3.22. The zero-order valence-electron chi connectivity index (χ0n) is 14.9. The molecule has 3 aromatic rings. The maximum atomic E-state index is 4.14. The predicted octanol–water partition coefficient (Wildman–Crippen LogP) is 4.76. The predicted molar refractivity (Wildman–Crippen MR) is 104 cm³/mol. The van der Waals surface area contributed by atoms with Gasteiger partial charge in [-0.15, -0.1) is 0 Å². The van der Waals surface area contributed by atoms with Gasteiger partial charge in [0.2, 0.25) is 0 Å². The Morgan fingerprint density at radius 1 is 0.880 bits per heavy atom. The molecule has 25 heavy (non-hydrogen) atoms. The molecule has 0 saturated carbocycles. The summed E-state index contributed by atoms with van der Waals surface area (Å²) in [6.45, 7) is 0. The summed E-state index contributed by atoms with van der Waals surface area (Å²) in [6, 6.07) is 22.7. The van der Waals surface area contributed by atoms with Gasteiger partial charge >= 0.3 is 0 Å². The molecule has 1 aliphatic carbocycles. The van der Waals surface area contributed by atoms with Gasteiger partial charge in [0.1, 0.15) is 0 Å². The molecule has 0 unspecified atom stereocenters. The molecule has 1 heterocycles. The molecule has 0 radical (unpaired) electrons. The van der Waals surface area contributed by atoms with Crippen molar-refractivity contribution in [1.82, 2.24) is 9.88 Å². The molecule has 0 spiro atoms. The van der Waals surface area contributed by atoms with Crippen LogP contribution in [0.4, 0.5) is 0 Å². The molecule has 1 aromatic heterocycles. The smallest absolute Gasteiger partial charge is 0.0273 e. The molecule has 2 aromatic carbocycles. The number of fused-ring (bicyclic) bond motifs is 1. The van der Waals surface area contributed by atoms with Gasteiger partial charge in [-0.2, -0.15) is 0 Å². The summed E-state index contributed by atoms with van der Waals surface area (Å²) in [5.41, 5.74) is 6.89. The van der Waals surface area contributed by atoms with Gasteiger partial charge in [0.25, 0.3) is 0 Å². The second-order valence-corrected chi connectivity index (χ2v) is 7.17.